The van der Waals surface area contributed by atoms with E-state index in [0.717, 1.165) is 63.8 Å². The Labute approximate surface area is 230 Å². The van der Waals surface area contributed by atoms with E-state index in [-0.39, 0.29) is 6.10 Å². The Hall–Kier alpha value is -2.66. The number of para-hydroxylation sites is 1. The number of benzene rings is 3. The molecule has 0 amide bonds. The van der Waals surface area contributed by atoms with Crippen LogP contribution in [0.4, 0.5) is 0 Å². The number of hydrogen-bond donors (Lipinski definition) is 1. The number of piperidine rings is 2. The number of rotatable bonds is 11. The van der Waals surface area contributed by atoms with Gasteiger partial charge >= 0.3 is 0 Å². The summed E-state index contributed by atoms with van der Waals surface area (Å²) < 4.78 is 6.59. The molecule has 0 spiro atoms. The predicted octanol–water partition coefficient (Wildman–Crippen LogP) is 6.18. The van der Waals surface area contributed by atoms with Gasteiger partial charge in [-0.2, -0.15) is 0 Å². The number of nitrogens with zero attached hydrogens (tertiary/aromatic N) is 2. The van der Waals surface area contributed by atoms with Gasteiger partial charge in [-0.05, 0) is 55.3 Å². The quantitative estimate of drug-likeness (QED) is 0.311. The van der Waals surface area contributed by atoms with Crippen LogP contribution >= 0.6 is 0 Å². The third kappa shape index (κ3) is 7.69. The van der Waals surface area contributed by atoms with Gasteiger partial charge in [-0.15, -0.1) is 0 Å². The Morgan fingerprint density at radius 2 is 1.45 bits per heavy atom. The Bertz CT molecular complexity index is 1040. The van der Waals surface area contributed by atoms with E-state index in [4.69, 9.17) is 4.74 Å². The van der Waals surface area contributed by atoms with Crippen LogP contribution in [-0.4, -0.2) is 61.7 Å². The molecule has 2 aliphatic heterocycles. The Balaban J connectivity index is 1.11. The van der Waals surface area contributed by atoms with Gasteiger partial charge in [-0.3, -0.25) is 0 Å². The monoisotopic (exact) mass is 511 g/mol. The average molecular weight is 512 g/mol. The van der Waals surface area contributed by atoms with Gasteiger partial charge in [-0.1, -0.05) is 85.8 Å². The molecule has 2 heterocycles. The molecule has 3 aromatic rings. The highest BCUT2D eigenvalue weighted by Gasteiger charge is 2.25. The highest BCUT2D eigenvalue weighted by Crippen LogP contribution is 2.28. The van der Waals surface area contributed by atoms with Crippen LogP contribution < -0.4 is 10.1 Å². The van der Waals surface area contributed by atoms with Crippen LogP contribution in [0.5, 0.6) is 5.75 Å². The molecule has 2 aliphatic rings. The fraction of sp³-hybridized carbons (Fsp3) is 0.471. The lowest BCUT2D eigenvalue weighted by Gasteiger charge is -2.35. The van der Waals surface area contributed by atoms with Crippen molar-refractivity contribution in [2.45, 2.75) is 51.2 Å². The van der Waals surface area contributed by atoms with Crippen LogP contribution in [0.3, 0.4) is 0 Å². The van der Waals surface area contributed by atoms with Gasteiger partial charge in [-0.25, -0.2) is 0 Å². The number of hydrogen-bond acceptors (Lipinski definition) is 4. The van der Waals surface area contributed by atoms with E-state index in [1.54, 1.807) is 0 Å². The van der Waals surface area contributed by atoms with E-state index in [2.05, 4.69) is 107 Å². The second-order valence-electron chi connectivity index (χ2n) is 11.3. The molecule has 0 radical (unpaired) electrons. The SMILES string of the molecule is CC1CCCN(CCNCc2ccccc2OC2CCN(CC(c3ccccc3)c3ccccc3)CC2)C1. The van der Waals surface area contributed by atoms with Crippen molar-refractivity contribution >= 4 is 0 Å². The Kier molecular flexibility index (Phi) is 9.87. The van der Waals surface area contributed by atoms with Gasteiger partial charge in [0, 0.05) is 57.3 Å². The molecule has 5 rings (SSSR count). The van der Waals surface area contributed by atoms with Crippen molar-refractivity contribution < 1.29 is 4.74 Å². The minimum Gasteiger partial charge on any atom is -0.490 e. The molecule has 1 unspecified atom stereocenters. The van der Waals surface area contributed by atoms with E-state index in [1.165, 1.54) is 42.6 Å². The summed E-state index contributed by atoms with van der Waals surface area (Å²) in [5.74, 6) is 2.29. The minimum absolute atomic E-state index is 0.286. The first kappa shape index (κ1) is 26.9. The van der Waals surface area contributed by atoms with Crippen molar-refractivity contribution in [3.63, 3.8) is 0 Å². The molecular formula is C34H45N3O. The highest BCUT2D eigenvalue weighted by molar-refractivity contribution is 5.34. The fourth-order valence-corrected chi connectivity index (χ4v) is 6.14. The molecule has 1 atom stereocenters. The maximum atomic E-state index is 6.59. The molecule has 1 N–H and O–H groups in total. The van der Waals surface area contributed by atoms with E-state index in [0.29, 0.717) is 5.92 Å². The van der Waals surface area contributed by atoms with E-state index >= 15 is 0 Å². The molecule has 4 heteroatoms. The summed E-state index contributed by atoms with van der Waals surface area (Å²) in [6.07, 6.45) is 5.16. The van der Waals surface area contributed by atoms with Gasteiger partial charge in [0.25, 0.3) is 0 Å². The second-order valence-corrected chi connectivity index (χ2v) is 11.3. The molecular weight excluding hydrogens is 466 g/mol. The number of ether oxygens (including phenoxy) is 1. The van der Waals surface area contributed by atoms with Crippen molar-refractivity contribution in [1.29, 1.82) is 0 Å². The second kappa shape index (κ2) is 13.9. The van der Waals surface area contributed by atoms with Gasteiger partial charge in [0.05, 0.1) is 0 Å². The van der Waals surface area contributed by atoms with E-state index in [1.807, 2.05) is 0 Å². The zero-order valence-corrected chi connectivity index (χ0v) is 23.1. The zero-order valence-electron chi connectivity index (χ0n) is 23.1. The fourth-order valence-electron chi connectivity index (χ4n) is 6.14. The molecule has 202 valence electrons. The maximum Gasteiger partial charge on any atom is 0.124 e. The first-order chi connectivity index (χ1) is 18.7. The minimum atomic E-state index is 0.286. The van der Waals surface area contributed by atoms with Crippen LogP contribution in [0.2, 0.25) is 0 Å². The molecule has 3 aromatic carbocycles. The lowest BCUT2D eigenvalue weighted by Crippen LogP contribution is -2.40. The lowest BCUT2D eigenvalue weighted by atomic mass is 9.90. The summed E-state index contributed by atoms with van der Waals surface area (Å²) >= 11 is 0. The van der Waals surface area contributed by atoms with Crippen molar-refractivity contribution in [1.82, 2.24) is 15.1 Å². The van der Waals surface area contributed by atoms with Crippen LogP contribution in [0.15, 0.2) is 84.9 Å². The topological polar surface area (TPSA) is 27.7 Å². The molecule has 0 bridgehead atoms. The summed E-state index contributed by atoms with van der Waals surface area (Å²) in [5.41, 5.74) is 4.07. The Morgan fingerprint density at radius 1 is 0.789 bits per heavy atom. The van der Waals surface area contributed by atoms with Crippen molar-refractivity contribution in [3.8, 4) is 5.75 Å². The third-order valence-corrected chi connectivity index (χ3v) is 8.31. The first-order valence-corrected chi connectivity index (χ1v) is 14.7. The first-order valence-electron chi connectivity index (χ1n) is 14.7. The lowest BCUT2D eigenvalue weighted by molar-refractivity contribution is 0.0979. The average Bonchev–Trinajstić information content (AvgIpc) is 2.97. The summed E-state index contributed by atoms with van der Waals surface area (Å²) in [5, 5.41) is 3.67. The summed E-state index contributed by atoms with van der Waals surface area (Å²) in [4.78, 5) is 5.23. The molecule has 0 aliphatic carbocycles. The smallest absolute Gasteiger partial charge is 0.124 e. The summed E-state index contributed by atoms with van der Waals surface area (Å²) in [6.45, 7) is 11.1. The largest absolute Gasteiger partial charge is 0.490 e. The van der Waals surface area contributed by atoms with Crippen molar-refractivity contribution in [3.05, 3.63) is 102 Å². The van der Waals surface area contributed by atoms with E-state index in [9.17, 15) is 0 Å². The van der Waals surface area contributed by atoms with Crippen LogP contribution in [-0.2, 0) is 6.54 Å². The van der Waals surface area contributed by atoms with Gasteiger partial charge < -0.3 is 19.9 Å². The normalized spacial score (nSPS) is 19.6. The molecule has 0 aromatic heterocycles. The molecule has 0 saturated carbocycles. The predicted molar refractivity (Wildman–Crippen MR) is 158 cm³/mol. The van der Waals surface area contributed by atoms with Gasteiger partial charge in [0.15, 0.2) is 0 Å². The van der Waals surface area contributed by atoms with Crippen LogP contribution in [0, 0.1) is 5.92 Å². The molecule has 4 nitrogen and oxygen atoms in total. The molecule has 2 saturated heterocycles. The third-order valence-electron chi connectivity index (χ3n) is 8.31. The highest BCUT2D eigenvalue weighted by atomic mass is 16.5. The zero-order chi connectivity index (χ0) is 26.0. The summed E-state index contributed by atoms with van der Waals surface area (Å²) in [7, 11) is 0. The maximum absolute atomic E-state index is 6.59. The molecule has 2 fully saturated rings. The van der Waals surface area contributed by atoms with E-state index < -0.39 is 0 Å². The van der Waals surface area contributed by atoms with Gasteiger partial charge in [0.1, 0.15) is 11.9 Å². The van der Waals surface area contributed by atoms with Crippen LogP contribution in [0.1, 0.15) is 55.2 Å². The van der Waals surface area contributed by atoms with Crippen LogP contribution in [0.25, 0.3) is 0 Å². The number of nitrogens with one attached hydrogen (secondary N) is 1. The summed E-state index contributed by atoms with van der Waals surface area (Å²) in [6, 6.07) is 30.5. The molecule has 38 heavy (non-hydrogen) atoms. The standard InChI is InChI=1S/C34H45N3O/c1-28-11-10-21-36(26-28)24-20-35-25-31-16-8-9-17-34(31)38-32-18-22-37(23-19-32)27-33(29-12-4-2-5-13-29)30-14-6-3-7-15-30/h2-9,12-17,28,32-33,35H,10-11,18-27H2,1H3. The number of likely N-dealkylation sites (tertiary alicyclic amines) is 2. The van der Waals surface area contributed by atoms with Crippen molar-refractivity contribution in [2.24, 2.45) is 5.92 Å². The Morgan fingerprint density at radius 3 is 2.13 bits per heavy atom. The van der Waals surface area contributed by atoms with Gasteiger partial charge in [0.2, 0.25) is 0 Å². The van der Waals surface area contributed by atoms with Crippen molar-refractivity contribution in [2.75, 3.05) is 45.8 Å².